The number of pyridine rings is 1. The molecule has 0 aliphatic heterocycles. The fraction of sp³-hybridized carbons (Fsp3) is 0.571. The second kappa shape index (κ2) is 5.46. The summed E-state index contributed by atoms with van der Waals surface area (Å²) < 4.78 is 12.9. The van der Waals surface area contributed by atoms with Gasteiger partial charge in [-0.3, -0.25) is 4.79 Å². The maximum Gasteiger partial charge on any atom is 0.251 e. The number of hydrogen-bond donors (Lipinski definition) is 1. The van der Waals surface area contributed by atoms with Crippen molar-refractivity contribution >= 4 is 5.91 Å². The van der Waals surface area contributed by atoms with Gasteiger partial charge in [0.15, 0.2) is 0 Å². The molecule has 0 atom stereocenters. The standard InChI is InChI=1S/C14H19FN2O/c1-14(6-3-2-4-7-14)10-17-13(18)11-5-8-16-12(15)9-11/h5,8-9H,2-4,6-7,10H2,1H3,(H,17,18). The molecule has 0 unspecified atom stereocenters. The Labute approximate surface area is 107 Å². The van der Waals surface area contributed by atoms with Crippen LogP contribution in [0.3, 0.4) is 0 Å². The van der Waals surface area contributed by atoms with Crippen LogP contribution in [0.4, 0.5) is 4.39 Å². The van der Waals surface area contributed by atoms with Crippen molar-refractivity contribution in [1.29, 1.82) is 0 Å². The van der Waals surface area contributed by atoms with Crippen LogP contribution in [0.5, 0.6) is 0 Å². The van der Waals surface area contributed by atoms with Crippen LogP contribution in [0.25, 0.3) is 0 Å². The van der Waals surface area contributed by atoms with Crippen molar-refractivity contribution in [3.05, 3.63) is 29.8 Å². The number of rotatable bonds is 3. The Morgan fingerprint density at radius 2 is 2.17 bits per heavy atom. The number of nitrogens with one attached hydrogen (secondary N) is 1. The van der Waals surface area contributed by atoms with Crippen molar-refractivity contribution < 1.29 is 9.18 Å². The zero-order valence-electron chi connectivity index (χ0n) is 10.7. The quantitative estimate of drug-likeness (QED) is 0.838. The number of amides is 1. The van der Waals surface area contributed by atoms with Crippen molar-refractivity contribution in [2.24, 2.45) is 5.41 Å². The van der Waals surface area contributed by atoms with E-state index in [1.165, 1.54) is 37.6 Å². The molecule has 0 aromatic carbocycles. The van der Waals surface area contributed by atoms with Crippen LogP contribution in [-0.4, -0.2) is 17.4 Å². The van der Waals surface area contributed by atoms with Crippen LogP contribution in [0.2, 0.25) is 0 Å². The highest BCUT2D eigenvalue weighted by molar-refractivity contribution is 5.94. The second-order valence-corrected chi connectivity index (χ2v) is 5.42. The molecule has 1 aliphatic rings. The highest BCUT2D eigenvalue weighted by atomic mass is 19.1. The molecule has 18 heavy (non-hydrogen) atoms. The lowest BCUT2D eigenvalue weighted by atomic mass is 9.76. The lowest BCUT2D eigenvalue weighted by Gasteiger charge is -2.33. The summed E-state index contributed by atoms with van der Waals surface area (Å²) in [6.45, 7) is 2.87. The molecule has 0 bridgehead atoms. The number of hydrogen-bond acceptors (Lipinski definition) is 2. The van der Waals surface area contributed by atoms with Gasteiger partial charge in [-0.15, -0.1) is 0 Å². The highest BCUT2D eigenvalue weighted by Crippen LogP contribution is 2.34. The number of aromatic nitrogens is 1. The normalized spacial score (nSPS) is 18.3. The van der Waals surface area contributed by atoms with Crippen LogP contribution in [0.1, 0.15) is 49.4 Å². The summed E-state index contributed by atoms with van der Waals surface area (Å²) in [4.78, 5) is 15.3. The Morgan fingerprint density at radius 3 is 2.83 bits per heavy atom. The van der Waals surface area contributed by atoms with E-state index in [1.54, 1.807) is 0 Å². The summed E-state index contributed by atoms with van der Waals surface area (Å²) >= 11 is 0. The van der Waals surface area contributed by atoms with Crippen molar-refractivity contribution in [3.63, 3.8) is 0 Å². The summed E-state index contributed by atoms with van der Waals surface area (Å²) in [6.07, 6.45) is 7.37. The molecule has 1 fully saturated rings. The zero-order valence-corrected chi connectivity index (χ0v) is 10.7. The summed E-state index contributed by atoms with van der Waals surface area (Å²) in [7, 11) is 0. The van der Waals surface area contributed by atoms with Gasteiger partial charge in [0, 0.05) is 24.4 Å². The first-order valence-electron chi connectivity index (χ1n) is 6.49. The molecule has 3 nitrogen and oxygen atoms in total. The van der Waals surface area contributed by atoms with Gasteiger partial charge in [-0.25, -0.2) is 4.98 Å². The van der Waals surface area contributed by atoms with Gasteiger partial charge in [-0.2, -0.15) is 4.39 Å². The minimum absolute atomic E-state index is 0.194. The molecule has 98 valence electrons. The summed E-state index contributed by atoms with van der Waals surface area (Å²) in [5.41, 5.74) is 0.529. The summed E-state index contributed by atoms with van der Waals surface area (Å²) in [5.74, 6) is -0.838. The maximum absolute atomic E-state index is 12.9. The summed E-state index contributed by atoms with van der Waals surface area (Å²) in [6, 6.07) is 2.69. The first-order valence-corrected chi connectivity index (χ1v) is 6.49. The van der Waals surface area contributed by atoms with Crippen molar-refractivity contribution in [3.8, 4) is 0 Å². The fourth-order valence-electron chi connectivity index (χ4n) is 2.52. The Kier molecular flexibility index (Phi) is 3.94. The minimum atomic E-state index is -0.619. The van der Waals surface area contributed by atoms with Crippen LogP contribution in [0, 0.1) is 11.4 Å². The van der Waals surface area contributed by atoms with Crippen LogP contribution in [-0.2, 0) is 0 Å². The molecule has 0 spiro atoms. The average molecular weight is 250 g/mol. The average Bonchev–Trinajstić information content (AvgIpc) is 2.37. The van der Waals surface area contributed by atoms with Crippen LogP contribution >= 0.6 is 0 Å². The van der Waals surface area contributed by atoms with E-state index in [0.29, 0.717) is 12.1 Å². The molecular weight excluding hydrogens is 231 g/mol. The van der Waals surface area contributed by atoms with Gasteiger partial charge in [0.2, 0.25) is 5.95 Å². The van der Waals surface area contributed by atoms with E-state index < -0.39 is 5.95 Å². The van der Waals surface area contributed by atoms with E-state index in [1.807, 2.05) is 0 Å². The van der Waals surface area contributed by atoms with Crippen LogP contribution < -0.4 is 5.32 Å². The first-order chi connectivity index (χ1) is 8.59. The predicted octanol–water partition coefficient (Wildman–Crippen LogP) is 2.92. The van der Waals surface area contributed by atoms with E-state index >= 15 is 0 Å². The third kappa shape index (κ3) is 3.28. The smallest absolute Gasteiger partial charge is 0.251 e. The second-order valence-electron chi connectivity index (χ2n) is 5.42. The molecule has 1 aromatic rings. The third-order valence-corrected chi connectivity index (χ3v) is 3.73. The van der Waals surface area contributed by atoms with E-state index in [2.05, 4.69) is 17.2 Å². The highest BCUT2D eigenvalue weighted by Gasteiger charge is 2.27. The van der Waals surface area contributed by atoms with Crippen LogP contribution in [0.15, 0.2) is 18.3 Å². The lowest BCUT2D eigenvalue weighted by Crippen LogP contribution is -2.37. The number of carbonyl (C=O) groups excluding carboxylic acids is 1. The molecule has 1 saturated carbocycles. The van der Waals surface area contributed by atoms with Crippen molar-refractivity contribution in [1.82, 2.24) is 10.3 Å². The monoisotopic (exact) mass is 250 g/mol. The molecule has 2 rings (SSSR count). The molecule has 1 N–H and O–H groups in total. The molecule has 0 radical (unpaired) electrons. The third-order valence-electron chi connectivity index (χ3n) is 3.73. The molecule has 1 aromatic heterocycles. The van der Waals surface area contributed by atoms with Gasteiger partial charge >= 0.3 is 0 Å². The van der Waals surface area contributed by atoms with E-state index in [4.69, 9.17) is 0 Å². The SMILES string of the molecule is CC1(CNC(=O)c2ccnc(F)c2)CCCCC1. The summed E-state index contributed by atoms with van der Waals surface area (Å²) in [5, 5.41) is 2.90. The zero-order chi connectivity index (χ0) is 13.0. The van der Waals surface area contributed by atoms with Gasteiger partial charge in [-0.1, -0.05) is 26.2 Å². The Hall–Kier alpha value is -1.45. The minimum Gasteiger partial charge on any atom is -0.351 e. The van der Waals surface area contributed by atoms with E-state index in [0.717, 1.165) is 12.8 Å². The topological polar surface area (TPSA) is 42.0 Å². The van der Waals surface area contributed by atoms with Crippen molar-refractivity contribution in [2.45, 2.75) is 39.0 Å². The lowest BCUT2D eigenvalue weighted by molar-refractivity contribution is 0.0918. The Balaban J connectivity index is 1.92. The molecule has 1 amide bonds. The van der Waals surface area contributed by atoms with Gasteiger partial charge in [-0.05, 0) is 24.3 Å². The number of carbonyl (C=O) groups is 1. The maximum atomic E-state index is 12.9. The van der Waals surface area contributed by atoms with E-state index in [9.17, 15) is 9.18 Å². The Morgan fingerprint density at radius 1 is 1.44 bits per heavy atom. The van der Waals surface area contributed by atoms with Crippen molar-refractivity contribution in [2.75, 3.05) is 6.54 Å². The number of halogens is 1. The van der Waals surface area contributed by atoms with Gasteiger partial charge in [0.05, 0.1) is 0 Å². The molecule has 1 aliphatic carbocycles. The van der Waals surface area contributed by atoms with E-state index in [-0.39, 0.29) is 11.3 Å². The first kappa shape index (κ1) is 13.0. The fourth-order valence-corrected chi connectivity index (χ4v) is 2.52. The Bertz CT molecular complexity index is 428. The number of nitrogens with zero attached hydrogens (tertiary/aromatic N) is 1. The van der Waals surface area contributed by atoms with Gasteiger partial charge < -0.3 is 5.32 Å². The van der Waals surface area contributed by atoms with Gasteiger partial charge in [0.1, 0.15) is 0 Å². The molecule has 4 heteroatoms. The predicted molar refractivity (Wildman–Crippen MR) is 67.7 cm³/mol. The molecule has 0 saturated heterocycles. The molecule has 1 heterocycles. The largest absolute Gasteiger partial charge is 0.351 e. The van der Waals surface area contributed by atoms with Gasteiger partial charge in [0.25, 0.3) is 5.91 Å². The molecular formula is C14H19FN2O.